The molecule has 0 amide bonds. The predicted octanol–water partition coefficient (Wildman–Crippen LogP) is 5.85. The second-order valence-corrected chi connectivity index (χ2v) is 7.55. The largest absolute Gasteiger partial charge is 0.247 e. The molecule has 0 spiro atoms. The van der Waals surface area contributed by atoms with Crippen LogP contribution in [-0.4, -0.2) is 4.68 Å². The average molecular weight is 335 g/mol. The summed E-state index contributed by atoms with van der Waals surface area (Å²) in [5, 5.41) is 2.84. The van der Waals surface area contributed by atoms with Crippen molar-refractivity contribution in [1.82, 2.24) is 4.68 Å². The molecule has 0 atom stereocenters. The Labute approximate surface area is 153 Å². The van der Waals surface area contributed by atoms with Crippen LogP contribution in [0.2, 0.25) is 0 Å². The van der Waals surface area contributed by atoms with E-state index in [0.717, 1.165) is 27.2 Å². The van der Waals surface area contributed by atoms with Crippen LogP contribution in [0.15, 0.2) is 42.5 Å². The molecule has 0 saturated heterocycles. The van der Waals surface area contributed by atoms with Gasteiger partial charge in [0.15, 0.2) is 0 Å². The van der Waals surface area contributed by atoms with Crippen LogP contribution in [0, 0.1) is 13.8 Å². The Morgan fingerprint density at radius 1 is 1.00 bits per heavy atom. The molecule has 0 radical (unpaired) electrons. The topological polar surface area (TPSA) is 9.03 Å². The Kier molecular flexibility index (Phi) is 2.89. The number of benzene rings is 2. The summed E-state index contributed by atoms with van der Waals surface area (Å²) >= 11 is 0. The highest BCUT2D eigenvalue weighted by atomic mass is 15.4. The first-order chi connectivity index (χ1) is 13.1. The Morgan fingerprint density at radius 2 is 1.72 bits per heavy atom. The third kappa shape index (κ3) is 2.20. The molecule has 0 bridgehead atoms. The zero-order valence-corrected chi connectivity index (χ0v) is 15.6. The molecule has 2 heteroatoms. The molecule has 4 rings (SSSR count). The number of rotatable bonds is 2. The maximum Gasteiger partial charge on any atom is 0.247 e. The molecule has 128 valence electrons. The van der Waals surface area contributed by atoms with Crippen molar-refractivity contribution in [2.45, 2.75) is 53.4 Å². The first-order valence-electron chi connectivity index (χ1n) is 10.5. The van der Waals surface area contributed by atoms with E-state index >= 15 is 0 Å². The van der Waals surface area contributed by atoms with E-state index in [-0.39, 0.29) is 6.04 Å². The fourth-order valence-electron chi connectivity index (χ4n) is 4.18. The average Bonchev–Trinajstić information content (AvgIpc) is 2.97. The van der Waals surface area contributed by atoms with Crippen molar-refractivity contribution in [3.8, 4) is 0 Å². The van der Waals surface area contributed by atoms with Gasteiger partial charge in [-0.1, -0.05) is 42.6 Å². The van der Waals surface area contributed by atoms with Gasteiger partial charge in [0.05, 0.1) is 22.5 Å². The highest BCUT2D eigenvalue weighted by Gasteiger charge is 2.27. The summed E-state index contributed by atoms with van der Waals surface area (Å²) in [5.41, 5.74) is 5.00. The van der Waals surface area contributed by atoms with Gasteiger partial charge in [0, 0.05) is 21.1 Å². The van der Waals surface area contributed by atoms with Gasteiger partial charge in [-0.25, -0.2) is 0 Å². The van der Waals surface area contributed by atoms with E-state index in [9.17, 15) is 0 Å². The van der Waals surface area contributed by atoms with Crippen molar-refractivity contribution in [3.63, 3.8) is 0 Å². The van der Waals surface area contributed by atoms with Gasteiger partial charge in [-0.3, -0.25) is 0 Å². The van der Waals surface area contributed by atoms with E-state index < -0.39 is 6.85 Å². The zero-order chi connectivity index (χ0) is 20.4. The second-order valence-electron chi connectivity index (χ2n) is 7.55. The fourth-order valence-corrected chi connectivity index (χ4v) is 4.18. The number of nitrogens with zero attached hydrogens (tertiary/aromatic N) is 2. The molecule has 25 heavy (non-hydrogen) atoms. The minimum Gasteiger partial charge on any atom is -0.149 e. The lowest BCUT2D eigenvalue weighted by molar-refractivity contribution is -0.586. The first kappa shape index (κ1) is 12.9. The van der Waals surface area contributed by atoms with E-state index in [4.69, 9.17) is 4.11 Å². The van der Waals surface area contributed by atoms with Gasteiger partial charge in [-0.2, -0.15) is 0 Å². The number of aryl methyl sites for hydroxylation is 2. The van der Waals surface area contributed by atoms with Crippen LogP contribution in [0.1, 0.15) is 60.6 Å². The maximum atomic E-state index is 8.11. The summed E-state index contributed by atoms with van der Waals surface area (Å²) in [4.78, 5) is 0. The predicted molar refractivity (Wildman–Crippen MR) is 107 cm³/mol. The quantitative estimate of drug-likeness (QED) is 0.321. The van der Waals surface area contributed by atoms with Crippen molar-refractivity contribution < 1.29 is 8.63 Å². The maximum absolute atomic E-state index is 8.11. The molecule has 2 aromatic heterocycles. The molecule has 4 aromatic rings. The van der Waals surface area contributed by atoms with Crippen LogP contribution in [0.3, 0.4) is 0 Å². The van der Waals surface area contributed by atoms with Crippen LogP contribution in [-0.2, 0) is 0 Å². The van der Waals surface area contributed by atoms with E-state index in [1.165, 1.54) is 11.3 Å². The lowest BCUT2D eigenvalue weighted by atomic mass is 9.95. The molecule has 0 saturated carbocycles. The van der Waals surface area contributed by atoms with Gasteiger partial charge in [0.2, 0.25) is 11.0 Å². The van der Waals surface area contributed by atoms with Gasteiger partial charge >= 0.3 is 0 Å². The molecule has 0 N–H and O–H groups in total. The third-order valence-electron chi connectivity index (χ3n) is 5.15. The van der Waals surface area contributed by atoms with E-state index in [2.05, 4.69) is 68.1 Å². The molecule has 0 aliphatic heterocycles. The van der Waals surface area contributed by atoms with E-state index in [1.54, 1.807) is 6.07 Å². The van der Waals surface area contributed by atoms with Crippen molar-refractivity contribution >= 4 is 27.2 Å². The second kappa shape index (κ2) is 5.59. The Hall–Kier alpha value is -2.35. The number of pyridine rings is 1. The van der Waals surface area contributed by atoms with Crippen LogP contribution in [0.25, 0.3) is 27.2 Å². The Balaban J connectivity index is 2.42. The number of hydrogen-bond acceptors (Lipinski definition) is 0. The van der Waals surface area contributed by atoms with Gasteiger partial charge in [-0.15, -0.1) is 4.68 Å². The molecule has 2 aromatic carbocycles. The SMILES string of the molecule is [2H]C([2H])([2H])c1cccc2c1c1cccc(C(C)C)c1[n+]1c2cc(C)n1C(C)C. The van der Waals surface area contributed by atoms with Crippen LogP contribution in [0.5, 0.6) is 0 Å². The minimum absolute atomic E-state index is 0.286. The normalized spacial score (nSPS) is 14.6. The highest BCUT2D eigenvalue weighted by molar-refractivity contribution is 6.11. The van der Waals surface area contributed by atoms with Gasteiger partial charge in [0.1, 0.15) is 0 Å². The Morgan fingerprint density at radius 3 is 2.40 bits per heavy atom. The minimum atomic E-state index is -2.16. The summed E-state index contributed by atoms with van der Waals surface area (Å²) in [6.45, 7) is 8.72. The van der Waals surface area contributed by atoms with E-state index in [1.807, 2.05) is 12.1 Å². The summed E-state index contributed by atoms with van der Waals surface area (Å²) < 4.78 is 29.0. The highest BCUT2D eigenvalue weighted by Crippen LogP contribution is 2.33. The summed E-state index contributed by atoms with van der Waals surface area (Å²) in [6.07, 6.45) is 0. The number of para-hydroxylation sites is 1. The van der Waals surface area contributed by atoms with Crippen LogP contribution in [0.4, 0.5) is 0 Å². The monoisotopic (exact) mass is 334 g/mol. The molecule has 2 nitrogen and oxygen atoms in total. The molecule has 0 fully saturated rings. The lowest BCUT2D eigenvalue weighted by Gasteiger charge is -2.13. The molecule has 0 aliphatic rings. The zero-order valence-electron chi connectivity index (χ0n) is 18.6. The van der Waals surface area contributed by atoms with E-state index in [0.29, 0.717) is 11.5 Å². The van der Waals surface area contributed by atoms with Crippen molar-refractivity contribution in [3.05, 3.63) is 59.3 Å². The van der Waals surface area contributed by atoms with Crippen molar-refractivity contribution in [2.75, 3.05) is 0 Å². The first-order valence-corrected chi connectivity index (χ1v) is 9.04. The Bertz CT molecular complexity index is 1210. The molecule has 0 unspecified atom stereocenters. The number of aromatic nitrogens is 2. The lowest BCUT2D eigenvalue weighted by Crippen LogP contribution is -2.36. The summed E-state index contributed by atoms with van der Waals surface area (Å²) in [5.74, 6) is 0.326. The summed E-state index contributed by atoms with van der Waals surface area (Å²) in [7, 11) is 0. The molecule has 0 aliphatic carbocycles. The fraction of sp³-hybridized carbons (Fsp3) is 0.348. The molecular weight excluding hydrogens is 304 g/mol. The van der Waals surface area contributed by atoms with Gasteiger partial charge in [0.25, 0.3) is 0 Å². The molecular formula is C23H27N2+. The van der Waals surface area contributed by atoms with Crippen molar-refractivity contribution in [1.29, 1.82) is 0 Å². The smallest absolute Gasteiger partial charge is 0.149 e. The van der Waals surface area contributed by atoms with Gasteiger partial charge < -0.3 is 0 Å². The standard InChI is InChI=1S/C23H27N2/c1-14(2)18-10-8-12-20-22-16(5)9-7-11-19(22)21-13-17(6)24(15(3)4)25(21)23(18)20/h7-15H,1-6H3/q+1/i5D3. The number of hydrogen-bond donors (Lipinski definition) is 0. The number of fused-ring (bicyclic) bond motifs is 6. The summed E-state index contributed by atoms with van der Waals surface area (Å²) in [6, 6.07) is 14.4. The van der Waals surface area contributed by atoms with Gasteiger partial charge in [-0.05, 0) is 51.2 Å². The third-order valence-corrected chi connectivity index (χ3v) is 5.15. The van der Waals surface area contributed by atoms with Crippen molar-refractivity contribution in [2.24, 2.45) is 0 Å². The van der Waals surface area contributed by atoms with Crippen LogP contribution >= 0.6 is 0 Å². The van der Waals surface area contributed by atoms with Crippen LogP contribution < -0.4 is 4.52 Å². The molecule has 2 heterocycles.